The molecule has 1 aromatic carbocycles. The van der Waals surface area contributed by atoms with Gasteiger partial charge in [-0.1, -0.05) is 16.8 Å². The summed E-state index contributed by atoms with van der Waals surface area (Å²) >= 11 is 5.92. The van der Waals surface area contributed by atoms with E-state index in [1.165, 1.54) is 0 Å². The Balaban J connectivity index is 1.70. The molecule has 102 valence electrons. The number of halogens is 1. The highest BCUT2D eigenvalue weighted by molar-refractivity contribution is 6.30. The molecule has 0 saturated heterocycles. The molecule has 0 saturated carbocycles. The number of anilines is 1. The van der Waals surface area contributed by atoms with Crippen LogP contribution in [0.3, 0.4) is 0 Å². The van der Waals surface area contributed by atoms with E-state index < -0.39 is 0 Å². The van der Waals surface area contributed by atoms with Crippen molar-refractivity contribution in [2.75, 3.05) is 5.32 Å². The van der Waals surface area contributed by atoms with Crippen LogP contribution in [0.25, 0.3) is 11.6 Å². The van der Waals surface area contributed by atoms with Crippen molar-refractivity contribution in [1.82, 2.24) is 10.1 Å². The Hall–Kier alpha value is -2.27. The van der Waals surface area contributed by atoms with E-state index in [9.17, 15) is 0 Å². The topological polar surface area (TPSA) is 64.1 Å². The first kappa shape index (κ1) is 12.7. The van der Waals surface area contributed by atoms with Gasteiger partial charge in [-0.2, -0.15) is 4.98 Å². The summed E-state index contributed by atoms with van der Waals surface area (Å²) in [5.41, 5.74) is 2.04. The van der Waals surface area contributed by atoms with Crippen molar-refractivity contribution in [2.45, 2.75) is 13.5 Å². The first-order valence-corrected chi connectivity index (χ1v) is 6.46. The summed E-state index contributed by atoms with van der Waals surface area (Å²) in [5, 5.41) is 7.81. The van der Waals surface area contributed by atoms with E-state index >= 15 is 0 Å². The molecule has 1 N–H and O–H groups in total. The lowest BCUT2D eigenvalue weighted by atomic mass is 10.2. The van der Waals surface area contributed by atoms with Crippen LogP contribution in [0.4, 0.5) is 5.69 Å². The second-order valence-electron chi connectivity index (χ2n) is 4.30. The van der Waals surface area contributed by atoms with Gasteiger partial charge in [0.25, 0.3) is 0 Å². The van der Waals surface area contributed by atoms with E-state index in [2.05, 4.69) is 15.5 Å². The predicted molar refractivity (Wildman–Crippen MR) is 75.5 cm³/mol. The molecule has 0 amide bonds. The van der Waals surface area contributed by atoms with Gasteiger partial charge in [-0.05, 0) is 42.8 Å². The van der Waals surface area contributed by atoms with Crippen LogP contribution in [-0.2, 0) is 6.54 Å². The van der Waals surface area contributed by atoms with E-state index in [4.69, 9.17) is 20.5 Å². The Labute approximate surface area is 120 Å². The number of aromatic nitrogens is 2. The molecule has 6 heteroatoms. The summed E-state index contributed by atoms with van der Waals surface area (Å²) in [5.74, 6) is 1.52. The summed E-state index contributed by atoms with van der Waals surface area (Å²) in [6.45, 7) is 2.42. The van der Waals surface area contributed by atoms with Crippen LogP contribution in [0.1, 0.15) is 11.5 Å². The predicted octanol–water partition coefficient (Wildman–Crippen LogP) is 3.90. The molecule has 3 rings (SSSR count). The van der Waals surface area contributed by atoms with Crippen LogP contribution in [0, 0.1) is 6.92 Å². The van der Waals surface area contributed by atoms with Crippen molar-refractivity contribution in [2.24, 2.45) is 0 Å². The second kappa shape index (κ2) is 5.38. The second-order valence-corrected chi connectivity index (χ2v) is 4.74. The minimum atomic E-state index is 0.441. The van der Waals surface area contributed by atoms with Gasteiger partial charge in [0, 0.05) is 10.7 Å². The lowest BCUT2D eigenvalue weighted by Crippen LogP contribution is -2.01. The third-order valence-electron chi connectivity index (χ3n) is 2.83. The molecule has 0 aliphatic rings. The lowest BCUT2D eigenvalue weighted by Gasteiger charge is -2.07. The third-order valence-corrected chi connectivity index (χ3v) is 3.06. The molecule has 2 aromatic heterocycles. The number of nitrogens with one attached hydrogen (secondary N) is 1. The van der Waals surface area contributed by atoms with E-state index in [1.807, 2.05) is 25.1 Å². The fraction of sp³-hybridized carbons (Fsp3) is 0.143. The summed E-state index contributed by atoms with van der Waals surface area (Å²) < 4.78 is 10.4. The van der Waals surface area contributed by atoms with Crippen LogP contribution in [-0.4, -0.2) is 10.1 Å². The van der Waals surface area contributed by atoms with Gasteiger partial charge in [0.05, 0.1) is 12.8 Å². The van der Waals surface area contributed by atoms with Gasteiger partial charge >= 0.3 is 0 Å². The van der Waals surface area contributed by atoms with E-state index in [0.717, 1.165) is 11.3 Å². The SMILES string of the molecule is Cc1cc(Cl)ccc1NCc1nc(-c2ccco2)no1. The molecule has 0 aliphatic heterocycles. The highest BCUT2D eigenvalue weighted by Gasteiger charge is 2.10. The fourth-order valence-electron chi connectivity index (χ4n) is 1.83. The Morgan fingerprint density at radius 3 is 2.95 bits per heavy atom. The number of nitrogens with zero attached hydrogens (tertiary/aromatic N) is 2. The molecule has 0 radical (unpaired) electrons. The van der Waals surface area contributed by atoms with Crippen molar-refractivity contribution < 1.29 is 8.94 Å². The molecule has 20 heavy (non-hydrogen) atoms. The highest BCUT2D eigenvalue weighted by atomic mass is 35.5. The Morgan fingerprint density at radius 1 is 1.30 bits per heavy atom. The third kappa shape index (κ3) is 2.67. The molecule has 0 atom stereocenters. The maximum atomic E-state index is 5.92. The molecule has 2 heterocycles. The standard InChI is InChI=1S/C14H12ClN3O2/c1-9-7-10(15)4-5-11(9)16-8-13-17-14(18-20-13)12-3-2-6-19-12/h2-7,16H,8H2,1H3. The first-order chi connectivity index (χ1) is 9.72. The quantitative estimate of drug-likeness (QED) is 0.789. The van der Waals surface area contributed by atoms with Crippen molar-refractivity contribution in [3.8, 4) is 11.6 Å². The molecular weight excluding hydrogens is 278 g/mol. The lowest BCUT2D eigenvalue weighted by molar-refractivity contribution is 0.382. The van der Waals surface area contributed by atoms with Crippen LogP contribution in [0.15, 0.2) is 45.5 Å². The van der Waals surface area contributed by atoms with E-state index in [1.54, 1.807) is 18.4 Å². The van der Waals surface area contributed by atoms with Gasteiger partial charge in [-0.3, -0.25) is 0 Å². The smallest absolute Gasteiger partial charge is 0.246 e. The monoisotopic (exact) mass is 289 g/mol. The molecule has 0 bridgehead atoms. The summed E-state index contributed by atoms with van der Waals surface area (Å²) in [4.78, 5) is 4.25. The van der Waals surface area contributed by atoms with Gasteiger partial charge in [0.1, 0.15) is 0 Å². The van der Waals surface area contributed by atoms with Crippen LogP contribution >= 0.6 is 11.6 Å². The minimum absolute atomic E-state index is 0.441. The van der Waals surface area contributed by atoms with Crippen molar-refractivity contribution >= 4 is 17.3 Å². The molecule has 3 aromatic rings. The van der Waals surface area contributed by atoms with Gasteiger partial charge in [0.2, 0.25) is 11.7 Å². The summed E-state index contributed by atoms with van der Waals surface area (Å²) in [6, 6.07) is 9.21. The van der Waals surface area contributed by atoms with Crippen LogP contribution in [0.5, 0.6) is 0 Å². The van der Waals surface area contributed by atoms with Crippen molar-refractivity contribution in [3.63, 3.8) is 0 Å². The Bertz CT molecular complexity index is 707. The first-order valence-electron chi connectivity index (χ1n) is 6.09. The minimum Gasteiger partial charge on any atom is -0.461 e. The Morgan fingerprint density at radius 2 is 2.20 bits per heavy atom. The van der Waals surface area contributed by atoms with Crippen LogP contribution in [0.2, 0.25) is 5.02 Å². The molecule has 0 aliphatic carbocycles. The number of rotatable bonds is 4. The number of furan rings is 1. The summed E-state index contributed by atoms with van der Waals surface area (Å²) in [7, 11) is 0. The number of hydrogen-bond donors (Lipinski definition) is 1. The largest absolute Gasteiger partial charge is 0.461 e. The van der Waals surface area contributed by atoms with Gasteiger partial charge < -0.3 is 14.3 Å². The van der Waals surface area contributed by atoms with Crippen molar-refractivity contribution in [1.29, 1.82) is 0 Å². The van der Waals surface area contributed by atoms with Gasteiger partial charge in [-0.15, -0.1) is 0 Å². The van der Waals surface area contributed by atoms with E-state index in [-0.39, 0.29) is 0 Å². The van der Waals surface area contributed by atoms with Gasteiger partial charge in [-0.25, -0.2) is 0 Å². The summed E-state index contributed by atoms with van der Waals surface area (Å²) in [6.07, 6.45) is 1.57. The maximum absolute atomic E-state index is 5.92. The molecule has 0 fully saturated rings. The van der Waals surface area contributed by atoms with Crippen molar-refractivity contribution in [3.05, 3.63) is 53.1 Å². The zero-order valence-corrected chi connectivity index (χ0v) is 11.5. The average Bonchev–Trinajstić information content (AvgIpc) is 3.08. The normalized spacial score (nSPS) is 10.7. The zero-order chi connectivity index (χ0) is 13.9. The molecule has 0 spiro atoms. The number of benzene rings is 1. The number of aryl methyl sites for hydroxylation is 1. The molecule has 5 nitrogen and oxygen atoms in total. The fourth-order valence-corrected chi connectivity index (χ4v) is 2.06. The molecule has 0 unspecified atom stereocenters. The van der Waals surface area contributed by atoms with Gasteiger partial charge in [0.15, 0.2) is 5.76 Å². The number of hydrogen-bond acceptors (Lipinski definition) is 5. The zero-order valence-electron chi connectivity index (χ0n) is 10.8. The highest BCUT2D eigenvalue weighted by Crippen LogP contribution is 2.21. The maximum Gasteiger partial charge on any atom is 0.246 e. The van der Waals surface area contributed by atoms with E-state index in [0.29, 0.717) is 29.0 Å². The van der Waals surface area contributed by atoms with Crippen LogP contribution < -0.4 is 5.32 Å². The average molecular weight is 290 g/mol. The Kier molecular flexibility index (Phi) is 3.43. The molecular formula is C14H12ClN3O2.